The van der Waals surface area contributed by atoms with Crippen LogP contribution < -0.4 is 0 Å². The Kier molecular flexibility index (Phi) is 3.59. The number of H-pyrrole nitrogens is 1. The Morgan fingerprint density at radius 3 is 2.74 bits per heavy atom. The average molecular weight is 265 g/mol. The summed E-state index contributed by atoms with van der Waals surface area (Å²) in [6.45, 7) is 6.87. The molecule has 1 aliphatic rings. The van der Waals surface area contributed by atoms with Gasteiger partial charge in [-0.25, -0.2) is 9.78 Å². The predicted octanol–water partition coefficient (Wildman–Crippen LogP) is 1.61. The zero-order chi connectivity index (χ0) is 14.2. The van der Waals surface area contributed by atoms with E-state index in [0.717, 1.165) is 6.42 Å². The van der Waals surface area contributed by atoms with Crippen LogP contribution in [0.4, 0.5) is 0 Å². The van der Waals surface area contributed by atoms with E-state index in [-0.39, 0.29) is 23.3 Å². The van der Waals surface area contributed by atoms with Crippen LogP contribution in [0.5, 0.6) is 0 Å². The summed E-state index contributed by atoms with van der Waals surface area (Å²) >= 11 is 0. The topological polar surface area (TPSA) is 86.3 Å². The summed E-state index contributed by atoms with van der Waals surface area (Å²) in [5, 5.41) is 9.03. The second-order valence-corrected chi connectivity index (χ2v) is 5.45. The maximum atomic E-state index is 12.5. The fraction of sp³-hybridized carbons (Fsp3) is 0.615. The van der Waals surface area contributed by atoms with Crippen LogP contribution >= 0.6 is 0 Å². The minimum atomic E-state index is -1.16. The van der Waals surface area contributed by atoms with Crippen molar-refractivity contribution in [1.29, 1.82) is 0 Å². The van der Waals surface area contributed by atoms with E-state index in [2.05, 4.69) is 23.8 Å². The van der Waals surface area contributed by atoms with Gasteiger partial charge in [-0.15, -0.1) is 0 Å². The quantitative estimate of drug-likeness (QED) is 0.850. The smallest absolute Gasteiger partial charge is 0.354 e. The molecule has 3 atom stereocenters. The lowest BCUT2D eigenvalue weighted by molar-refractivity contribution is 0.0443. The van der Waals surface area contributed by atoms with Crippen molar-refractivity contribution in [2.24, 2.45) is 11.8 Å². The molecule has 6 heteroatoms. The van der Waals surface area contributed by atoms with Crippen LogP contribution in [0.2, 0.25) is 0 Å². The number of rotatable bonds is 2. The number of imidazole rings is 1. The third-order valence-electron chi connectivity index (χ3n) is 3.91. The van der Waals surface area contributed by atoms with E-state index in [1.54, 1.807) is 4.90 Å². The molecule has 2 N–H and O–H groups in total. The van der Waals surface area contributed by atoms with Gasteiger partial charge in [0.05, 0.1) is 6.33 Å². The van der Waals surface area contributed by atoms with Gasteiger partial charge in [0.15, 0.2) is 11.4 Å². The first kappa shape index (κ1) is 13.6. The molecule has 1 aliphatic heterocycles. The largest absolute Gasteiger partial charge is 0.477 e. The van der Waals surface area contributed by atoms with E-state index in [1.165, 1.54) is 6.33 Å². The number of amides is 1. The van der Waals surface area contributed by atoms with Gasteiger partial charge in [0.25, 0.3) is 5.91 Å². The summed E-state index contributed by atoms with van der Waals surface area (Å²) in [6.07, 6.45) is 2.33. The number of aromatic amines is 1. The summed E-state index contributed by atoms with van der Waals surface area (Å²) in [5.74, 6) is -0.640. The number of carbonyl (C=O) groups excluding carboxylic acids is 1. The van der Waals surface area contributed by atoms with Crippen molar-refractivity contribution in [3.8, 4) is 0 Å². The molecule has 0 radical (unpaired) electrons. The summed E-state index contributed by atoms with van der Waals surface area (Å²) in [6, 6.07) is 0.0991. The Morgan fingerprint density at radius 2 is 2.11 bits per heavy atom. The lowest BCUT2D eigenvalue weighted by Gasteiger charge is -2.40. The highest BCUT2D eigenvalue weighted by Crippen LogP contribution is 2.28. The Morgan fingerprint density at radius 1 is 1.42 bits per heavy atom. The van der Waals surface area contributed by atoms with Crippen molar-refractivity contribution in [1.82, 2.24) is 14.9 Å². The summed E-state index contributed by atoms with van der Waals surface area (Å²) in [4.78, 5) is 31.6. The Balaban J connectivity index is 2.27. The van der Waals surface area contributed by atoms with Crippen LogP contribution in [0.1, 0.15) is 48.2 Å². The van der Waals surface area contributed by atoms with Crippen LogP contribution in [0.15, 0.2) is 6.33 Å². The Hall–Kier alpha value is -1.85. The van der Waals surface area contributed by atoms with Crippen molar-refractivity contribution in [3.63, 3.8) is 0 Å². The molecule has 1 fully saturated rings. The zero-order valence-corrected chi connectivity index (χ0v) is 11.4. The summed E-state index contributed by atoms with van der Waals surface area (Å²) in [5.41, 5.74) is -0.135. The fourth-order valence-electron chi connectivity index (χ4n) is 2.74. The third kappa shape index (κ3) is 2.47. The second kappa shape index (κ2) is 5.03. The SMILES string of the molecule is CC1CC(C)C(C)N(C(=O)c2nc[nH]c2C(=O)O)C1. The number of aromatic carboxylic acids is 1. The maximum Gasteiger partial charge on any atom is 0.354 e. The molecule has 19 heavy (non-hydrogen) atoms. The first-order valence-electron chi connectivity index (χ1n) is 6.49. The molecule has 1 saturated heterocycles. The number of nitrogens with one attached hydrogen (secondary N) is 1. The van der Waals surface area contributed by atoms with Gasteiger partial charge in [0.1, 0.15) is 0 Å². The van der Waals surface area contributed by atoms with Crippen LogP contribution in [-0.4, -0.2) is 44.4 Å². The first-order chi connectivity index (χ1) is 8.91. The highest BCUT2D eigenvalue weighted by molar-refractivity contribution is 6.02. The van der Waals surface area contributed by atoms with Crippen molar-refractivity contribution in [2.45, 2.75) is 33.2 Å². The van der Waals surface area contributed by atoms with Gasteiger partial charge in [-0.05, 0) is 25.2 Å². The van der Waals surface area contributed by atoms with Crippen LogP contribution in [0.3, 0.4) is 0 Å². The van der Waals surface area contributed by atoms with Crippen molar-refractivity contribution in [3.05, 3.63) is 17.7 Å². The summed E-state index contributed by atoms with van der Waals surface area (Å²) < 4.78 is 0. The molecule has 3 unspecified atom stereocenters. The molecule has 1 aromatic rings. The minimum Gasteiger partial charge on any atom is -0.477 e. The van der Waals surface area contributed by atoms with E-state index >= 15 is 0 Å². The molecule has 1 aromatic heterocycles. The molecule has 6 nitrogen and oxygen atoms in total. The Labute approximate surface area is 111 Å². The fourth-order valence-corrected chi connectivity index (χ4v) is 2.74. The van der Waals surface area contributed by atoms with E-state index in [4.69, 9.17) is 5.11 Å². The van der Waals surface area contributed by atoms with Gasteiger partial charge in [-0.3, -0.25) is 4.79 Å². The minimum absolute atomic E-state index is 0.000602. The highest BCUT2D eigenvalue weighted by atomic mass is 16.4. The molecule has 0 aromatic carbocycles. The monoisotopic (exact) mass is 265 g/mol. The molecule has 0 saturated carbocycles. The predicted molar refractivity (Wildman–Crippen MR) is 69.0 cm³/mol. The average Bonchev–Trinajstić information content (AvgIpc) is 2.82. The zero-order valence-electron chi connectivity index (χ0n) is 11.4. The molecule has 0 aliphatic carbocycles. The lowest BCUT2D eigenvalue weighted by atomic mass is 9.86. The van der Waals surface area contributed by atoms with Crippen molar-refractivity contribution < 1.29 is 14.7 Å². The molecular weight excluding hydrogens is 246 g/mol. The van der Waals surface area contributed by atoms with Crippen LogP contribution in [0.25, 0.3) is 0 Å². The van der Waals surface area contributed by atoms with Gasteiger partial charge >= 0.3 is 5.97 Å². The standard InChI is InChI=1S/C13H19N3O3/c1-7-4-8(2)9(3)16(5-7)12(17)10-11(13(18)19)15-6-14-10/h6-9H,4-5H2,1-3H3,(H,14,15)(H,18,19). The van der Waals surface area contributed by atoms with E-state index < -0.39 is 5.97 Å². The summed E-state index contributed by atoms with van der Waals surface area (Å²) in [7, 11) is 0. The third-order valence-corrected chi connectivity index (χ3v) is 3.91. The van der Waals surface area contributed by atoms with Gasteiger partial charge in [-0.2, -0.15) is 0 Å². The van der Waals surface area contributed by atoms with E-state index in [1.807, 2.05) is 6.92 Å². The normalized spacial score (nSPS) is 27.3. The number of carbonyl (C=O) groups is 2. The number of hydrogen-bond acceptors (Lipinski definition) is 3. The first-order valence-corrected chi connectivity index (χ1v) is 6.49. The van der Waals surface area contributed by atoms with Crippen molar-refractivity contribution in [2.75, 3.05) is 6.54 Å². The number of carboxylic acids is 1. The van der Waals surface area contributed by atoms with Gasteiger partial charge < -0.3 is 15.0 Å². The molecule has 2 heterocycles. The number of nitrogens with zero attached hydrogens (tertiary/aromatic N) is 2. The van der Waals surface area contributed by atoms with Gasteiger partial charge in [-0.1, -0.05) is 13.8 Å². The van der Waals surface area contributed by atoms with Gasteiger partial charge in [0.2, 0.25) is 0 Å². The highest BCUT2D eigenvalue weighted by Gasteiger charge is 2.34. The number of hydrogen-bond donors (Lipinski definition) is 2. The van der Waals surface area contributed by atoms with Gasteiger partial charge in [0, 0.05) is 12.6 Å². The molecular formula is C13H19N3O3. The number of piperidine rings is 1. The molecule has 104 valence electrons. The Bertz CT molecular complexity index is 497. The lowest BCUT2D eigenvalue weighted by Crippen LogP contribution is -2.49. The molecule has 2 rings (SSSR count). The van der Waals surface area contributed by atoms with Crippen molar-refractivity contribution >= 4 is 11.9 Å². The van der Waals surface area contributed by atoms with Crippen LogP contribution in [0, 0.1) is 11.8 Å². The number of likely N-dealkylation sites (tertiary alicyclic amines) is 1. The second-order valence-electron chi connectivity index (χ2n) is 5.45. The molecule has 0 bridgehead atoms. The molecule has 0 spiro atoms. The van der Waals surface area contributed by atoms with E-state index in [9.17, 15) is 9.59 Å². The van der Waals surface area contributed by atoms with Crippen LogP contribution in [-0.2, 0) is 0 Å². The number of carboxylic acid groups (broad SMARTS) is 1. The van der Waals surface area contributed by atoms with E-state index in [0.29, 0.717) is 18.4 Å². The maximum absolute atomic E-state index is 12.5. The molecule has 1 amide bonds. The number of aromatic nitrogens is 2.